The van der Waals surface area contributed by atoms with Gasteiger partial charge in [0.25, 0.3) is 5.56 Å². The fourth-order valence-electron chi connectivity index (χ4n) is 3.70. The van der Waals surface area contributed by atoms with Crippen LogP contribution in [-0.4, -0.2) is 16.7 Å². The normalized spacial score (nSPS) is 11.1. The molecule has 5 aromatic rings. The number of para-hydroxylation sites is 1. The molecule has 29 heavy (non-hydrogen) atoms. The molecule has 0 amide bonds. The Morgan fingerprint density at radius 1 is 0.759 bits per heavy atom. The molecule has 0 atom stereocenters. The van der Waals surface area contributed by atoms with E-state index in [-0.39, 0.29) is 5.56 Å². The molecule has 0 aliphatic rings. The molecule has 0 saturated heterocycles. The number of nitrogens with zero attached hydrogens (tertiary/aromatic N) is 2. The zero-order valence-corrected chi connectivity index (χ0v) is 15.9. The summed E-state index contributed by atoms with van der Waals surface area (Å²) in [4.78, 5) is 18.4. The summed E-state index contributed by atoms with van der Waals surface area (Å²) in [6.45, 7) is 0. The number of methoxy groups -OCH3 is 1. The Bertz CT molecular complexity index is 1400. The number of hydrogen-bond donors (Lipinski definition) is 0. The molecule has 1 aromatic heterocycles. The zero-order valence-electron chi connectivity index (χ0n) is 15.9. The van der Waals surface area contributed by atoms with E-state index in [4.69, 9.17) is 9.72 Å². The van der Waals surface area contributed by atoms with Crippen LogP contribution in [0.3, 0.4) is 0 Å². The molecular formula is C25H18N2O2. The molecule has 0 unspecified atom stereocenters. The molecule has 0 N–H and O–H groups in total. The van der Waals surface area contributed by atoms with Gasteiger partial charge in [-0.3, -0.25) is 9.36 Å². The van der Waals surface area contributed by atoms with Gasteiger partial charge in [0.2, 0.25) is 0 Å². The minimum atomic E-state index is -0.0938. The van der Waals surface area contributed by atoms with Crippen LogP contribution in [0.15, 0.2) is 95.8 Å². The molecule has 5 rings (SSSR count). The summed E-state index contributed by atoms with van der Waals surface area (Å²) in [6, 6.07) is 29.1. The second-order valence-corrected chi connectivity index (χ2v) is 6.82. The van der Waals surface area contributed by atoms with Crippen molar-refractivity contribution in [2.24, 2.45) is 0 Å². The summed E-state index contributed by atoms with van der Waals surface area (Å²) < 4.78 is 6.96. The third-order valence-corrected chi connectivity index (χ3v) is 5.14. The molecule has 0 spiro atoms. The Morgan fingerprint density at radius 3 is 2.24 bits per heavy atom. The molecule has 0 aliphatic carbocycles. The summed E-state index contributed by atoms with van der Waals surface area (Å²) in [5, 5.41) is 2.75. The van der Waals surface area contributed by atoms with Crippen molar-refractivity contribution in [3.63, 3.8) is 0 Å². The molecule has 0 fully saturated rings. The van der Waals surface area contributed by atoms with E-state index >= 15 is 0 Å². The number of fused-ring (bicyclic) bond motifs is 2. The average molecular weight is 378 g/mol. The molecule has 4 heteroatoms. The maximum absolute atomic E-state index is 13.5. The molecule has 4 nitrogen and oxygen atoms in total. The van der Waals surface area contributed by atoms with Crippen LogP contribution in [0.5, 0.6) is 5.75 Å². The highest BCUT2D eigenvalue weighted by Crippen LogP contribution is 2.29. The van der Waals surface area contributed by atoms with Gasteiger partial charge in [-0.1, -0.05) is 54.6 Å². The van der Waals surface area contributed by atoms with E-state index in [1.165, 1.54) is 0 Å². The lowest BCUT2D eigenvalue weighted by Gasteiger charge is -2.15. The molecule has 0 radical (unpaired) electrons. The van der Waals surface area contributed by atoms with Gasteiger partial charge in [0, 0.05) is 5.56 Å². The molecule has 4 aromatic carbocycles. The lowest BCUT2D eigenvalue weighted by atomic mass is 10.0. The van der Waals surface area contributed by atoms with Crippen molar-refractivity contribution in [3.05, 3.63) is 101 Å². The van der Waals surface area contributed by atoms with Crippen LogP contribution in [0.1, 0.15) is 0 Å². The van der Waals surface area contributed by atoms with Crippen molar-refractivity contribution in [1.82, 2.24) is 9.55 Å². The highest BCUT2D eigenvalue weighted by atomic mass is 16.5. The van der Waals surface area contributed by atoms with Crippen LogP contribution in [0.2, 0.25) is 0 Å². The van der Waals surface area contributed by atoms with Gasteiger partial charge in [-0.25, -0.2) is 4.98 Å². The van der Waals surface area contributed by atoms with Crippen molar-refractivity contribution in [2.75, 3.05) is 7.11 Å². The first-order valence-corrected chi connectivity index (χ1v) is 9.40. The number of ether oxygens (including phenoxy) is 1. The third kappa shape index (κ3) is 2.86. The van der Waals surface area contributed by atoms with Crippen molar-refractivity contribution in [1.29, 1.82) is 0 Å². The summed E-state index contributed by atoms with van der Waals surface area (Å²) in [5.41, 5.74) is 2.26. The maximum Gasteiger partial charge on any atom is 0.266 e. The van der Waals surface area contributed by atoms with Crippen LogP contribution in [-0.2, 0) is 0 Å². The predicted octanol–water partition coefficient (Wildman–Crippen LogP) is 5.21. The molecular weight excluding hydrogens is 360 g/mol. The highest BCUT2D eigenvalue weighted by molar-refractivity contribution is 5.96. The lowest BCUT2D eigenvalue weighted by molar-refractivity contribution is 0.414. The van der Waals surface area contributed by atoms with Crippen LogP contribution in [0, 0.1) is 0 Å². The minimum absolute atomic E-state index is 0.0938. The van der Waals surface area contributed by atoms with Gasteiger partial charge in [0.1, 0.15) is 11.6 Å². The monoisotopic (exact) mass is 378 g/mol. The minimum Gasteiger partial charge on any atom is -0.497 e. The van der Waals surface area contributed by atoms with E-state index in [0.29, 0.717) is 16.7 Å². The second-order valence-electron chi connectivity index (χ2n) is 6.82. The van der Waals surface area contributed by atoms with Gasteiger partial charge >= 0.3 is 0 Å². The highest BCUT2D eigenvalue weighted by Gasteiger charge is 2.16. The molecule has 0 aliphatic heterocycles. The number of benzene rings is 4. The molecule has 1 heterocycles. The van der Waals surface area contributed by atoms with E-state index in [2.05, 4.69) is 18.2 Å². The quantitative estimate of drug-likeness (QED) is 0.433. The fourth-order valence-corrected chi connectivity index (χ4v) is 3.70. The second kappa shape index (κ2) is 6.91. The average Bonchev–Trinajstić information content (AvgIpc) is 2.79. The SMILES string of the molecule is COc1ccc(-n2c(-c3cccc4ccccc34)nc3ccccc3c2=O)cc1. The maximum atomic E-state index is 13.5. The van der Waals surface area contributed by atoms with Crippen LogP contribution >= 0.6 is 0 Å². The summed E-state index contributed by atoms with van der Waals surface area (Å²) in [6.07, 6.45) is 0. The van der Waals surface area contributed by atoms with Gasteiger partial charge in [-0.15, -0.1) is 0 Å². The van der Waals surface area contributed by atoms with Crippen molar-refractivity contribution < 1.29 is 4.74 Å². The van der Waals surface area contributed by atoms with Crippen molar-refractivity contribution in [3.8, 4) is 22.8 Å². The Morgan fingerprint density at radius 2 is 1.45 bits per heavy atom. The molecule has 0 saturated carbocycles. The van der Waals surface area contributed by atoms with E-state index in [1.54, 1.807) is 11.7 Å². The van der Waals surface area contributed by atoms with E-state index in [1.807, 2.05) is 72.8 Å². The largest absolute Gasteiger partial charge is 0.497 e. The van der Waals surface area contributed by atoms with Gasteiger partial charge < -0.3 is 4.74 Å². The van der Waals surface area contributed by atoms with Gasteiger partial charge in [0.05, 0.1) is 23.7 Å². The Balaban J connectivity index is 1.90. The Kier molecular flexibility index (Phi) is 4.10. The molecule has 140 valence electrons. The zero-order chi connectivity index (χ0) is 19.8. The van der Waals surface area contributed by atoms with Crippen molar-refractivity contribution in [2.45, 2.75) is 0 Å². The molecule has 0 bridgehead atoms. The number of hydrogen-bond acceptors (Lipinski definition) is 3. The first kappa shape index (κ1) is 17.2. The van der Waals surface area contributed by atoms with Crippen LogP contribution < -0.4 is 10.3 Å². The fraction of sp³-hybridized carbons (Fsp3) is 0.0400. The van der Waals surface area contributed by atoms with Gasteiger partial charge in [0.15, 0.2) is 0 Å². The van der Waals surface area contributed by atoms with E-state index in [9.17, 15) is 4.79 Å². The standard InChI is InChI=1S/C25H18N2O2/c1-29-19-15-13-18(14-16-19)27-24(26-23-12-5-4-10-22(23)25(27)28)21-11-6-8-17-7-2-3-9-20(17)21/h2-16H,1H3. The first-order chi connectivity index (χ1) is 14.3. The smallest absolute Gasteiger partial charge is 0.266 e. The third-order valence-electron chi connectivity index (χ3n) is 5.14. The Labute approximate surface area is 167 Å². The number of rotatable bonds is 3. The lowest BCUT2D eigenvalue weighted by Crippen LogP contribution is -2.22. The van der Waals surface area contributed by atoms with Crippen molar-refractivity contribution >= 4 is 21.7 Å². The van der Waals surface area contributed by atoms with Crippen LogP contribution in [0.4, 0.5) is 0 Å². The topological polar surface area (TPSA) is 44.1 Å². The predicted molar refractivity (Wildman–Crippen MR) is 117 cm³/mol. The van der Waals surface area contributed by atoms with Gasteiger partial charge in [-0.2, -0.15) is 0 Å². The van der Waals surface area contributed by atoms with E-state index < -0.39 is 0 Å². The van der Waals surface area contributed by atoms with Gasteiger partial charge in [-0.05, 0) is 47.2 Å². The van der Waals surface area contributed by atoms with Crippen LogP contribution in [0.25, 0.3) is 38.8 Å². The summed E-state index contributed by atoms with van der Waals surface area (Å²) in [5.74, 6) is 1.36. The summed E-state index contributed by atoms with van der Waals surface area (Å²) >= 11 is 0. The first-order valence-electron chi connectivity index (χ1n) is 9.40. The number of aromatic nitrogens is 2. The summed E-state index contributed by atoms with van der Waals surface area (Å²) in [7, 11) is 1.63. The van der Waals surface area contributed by atoms with E-state index in [0.717, 1.165) is 27.8 Å². The Hall–Kier alpha value is -3.92.